The van der Waals surface area contributed by atoms with Gasteiger partial charge in [-0.05, 0) is 65.6 Å². The highest BCUT2D eigenvalue weighted by atomic mass is 35.5. The lowest BCUT2D eigenvalue weighted by Gasteiger charge is -2.44. The van der Waals surface area contributed by atoms with Crippen molar-refractivity contribution in [2.75, 3.05) is 7.11 Å². The Morgan fingerprint density at radius 2 is 1.71 bits per heavy atom. The Bertz CT molecular complexity index is 1320. The lowest BCUT2D eigenvalue weighted by atomic mass is 9.69. The molecule has 1 aliphatic carbocycles. The summed E-state index contributed by atoms with van der Waals surface area (Å²) in [5.41, 5.74) is 3.41. The van der Waals surface area contributed by atoms with Crippen LogP contribution in [0.25, 0.3) is 0 Å². The molecule has 2 aliphatic heterocycles. The van der Waals surface area contributed by atoms with Gasteiger partial charge >= 0.3 is 0 Å². The number of dihydropyridines is 1. The highest BCUT2D eigenvalue weighted by Gasteiger charge is 2.45. The van der Waals surface area contributed by atoms with Gasteiger partial charge in [0.2, 0.25) is 0 Å². The fourth-order valence-electron chi connectivity index (χ4n) is 4.92. The number of Topliss-reactive ketones (excluding diaryl/α,β-unsaturated/α-hetero) is 1. The third-order valence-electron chi connectivity index (χ3n) is 6.45. The van der Waals surface area contributed by atoms with Crippen LogP contribution >= 0.6 is 30.2 Å². The maximum Gasteiger partial charge on any atom is 0.162 e. The van der Waals surface area contributed by atoms with Gasteiger partial charge in [-0.1, -0.05) is 49.8 Å². The molecule has 9 heteroatoms. The van der Waals surface area contributed by atoms with Crippen molar-refractivity contribution in [3.63, 3.8) is 0 Å². The van der Waals surface area contributed by atoms with E-state index in [2.05, 4.69) is 29.3 Å². The average Bonchev–Trinajstić information content (AvgIpc) is 2.77. The van der Waals surface area contributed by atoms with Crippen LogP contribution in [0.3, 0.4) is 0 Å². The van der Waals surface area contributed by atoms with E-state index in [1.54, 1.807) is 7.11 Å². The van der Waals surface area contributed by atoms with Gasteiger partial charge in [-0.2, -0.15) is 0 Å². The van der Waals surface area contributed by atoms with E-state index in [0.29, 0.717) is 16.4 Å². The molecule has 2 heterocycles. The van der Waals surface area contributed by atoms with Crippen LogP contribution in [0.15, 0.2) is 71.2 Å². The van der Waals surface area contributed by atoms with Gasteiger partial charge in [0.25, 0.3) is 0 Å². The summed E-state index contributed by atoms with van der Waals surface area (Å²) in [4.78, 5) is 14.0. The Morgan fingerprint density at radius 1 is 1.03 bits per heavy atom. The number of carbonyl (C=O) groups is 1. The van der Waals surface area contributed by atoms with Crippen LogP contribution in [0.2, 0.25) is 5.02 Å². The fraction of sp³-hybridized carbons (Fsp3) is 0.280. The fourth-order valence-corrected chi connectivity index (χ4v) is 8.54. The van der Waals surface area contributed by atoms with E-state index in [9.17, 15) is 4.79 Å². The number of nitrogens with one attached hydrogen (secondary N) is 3. The molecule has 0 bridgehead atoms. The van der Waals surface area contributed by atoms with Crippen molar-refractivity contribution in [3.05, 3.63) is 81.8 Å². The van der Waals surface area contributed by atoms with Gasteiger partial charge < -0.3 is 20.2 Å². The summed E-state index contributed by atoms with van der Waals surface area (Å²) in [7, 11) is 1.64. The molecule has 3 aliphatic rings. The van der Waals surface area contributed by atoms with Crippen molar-refractivity contribution in [1.82, 2.24) is 15.5 Å². The van der Waals surface area contributed by atoms with Crippen molar-refractivity contribution >= 4 is 58.0 Å². The van der Waals surface area contributed by atoms with Crippen LogP contribution in [0, 0.1) is 5.41 Å². The summed E-state index contributed by atoms with van der Waals surface area (Å²) in [6, 6.07) is 15.4. The Balaban J connectivity index is 1.63. The second kappa shape index (κ2) is 8.49. The molecule has 5 rings (SSSR count). The van der Waals surface area contributed by atoms with Crippen LogP contribution in [-0.2, 0) is 16.6 Å². The number of methoxy groups -OCH3 is 1. The number of thiocarbonyl (C=S) groups is 1. The number of rotatable bonds is 3. The lowest BCUT2D eigenvalue weighted by Crippen LogP contribution is -2.48. The zero-order valence-corrected chi connectivity index (χ0v) is 22.4. The van der Waals surface area contributed by atoms with Gasteiger partial charge in [0.05, 0.1) is 7.11 Å². The van der Waals surface area contributed by atoms with Crippen LogP contribution in [-0.4, -0.2) is 17.9 Å². The topological polar surface area (TPSA) is 62.4 Å². The average molecular weight is 530 g/mol. The highest BCUT2D eigenvalue weighted by Crippen LogP contribution is 2.51. The van der Waals surface area contributed by atoms with Gasteiger partial charge in [-0.25, -0.2) is 0 Å². The first-order valence-electron chi connectivity index (χ1n) is 11.0. The third kappa shape index (κ3) is 4.09. The zero-order valence-electron chi connectivity index (χ0n) is 19.1. The number of allylic oxidation sites excluding steroid dienone is 2. The SMILES string of the molecule is COc1ccc(P2(=S)NC(=S)C3=C(NC4=C(C(=O)CC(C)(C)C4)C3c3ccc(Cl)cc3)N2)cc1. The second-order valence-corrected chi connectivity index (χ2v) is 14.3. The molecular formula is C25H25ClN3O2PS2. The largest absolute Gasteiger partial charge is 0.497 e. The van der Waals surface area contributed by atoms with Gasteiger partial charge in [0.1, 0.15) is 22.9 Å². The predicted octanol–water partition coefficient (Wildman–Crippen LogP) is 5.05. The summed E-state index contributed by atoms with van der Waals surface area (Å²) >= 11 is 18.2. The maximum absolute atomic E-state index is 13.4. The minimum Gasteiger partial charge on any atom is -0.497 e. The van der Waals surface area contributed by atoms with E-state index in [1.807, 2.05) is 48.5 Å². The number of hydrogen-bond donors (Lipinski definition) is 3. The van der Waals surface area contributed by atoms with E-state index in [1.165, 1.54) is 0 Å². The van der Waals surface area contributed by atoms with Crippen molar-refractivity contribution in [2.45, 2.75) is 32.6 Å². The number of halogens is 1. The van der Waals surface area contributed by atoms with Crippen LogP contribution in [0.1, 0.15) is 38.2 Å². The molecule has 5 nitrogen and oxygen atoms in total. The van der Waals surface area contributed by atoms with Crippen LogP contribution in [0.5, 0.6) is 5.75 Å². The Labute approximate surface area is 215 Å². The summed E-state index contributed by atoms with van der Waals surface area (Å²) in [5, 5.41) is 12.2. The van der Waals surface area contributed by atoms with E-state index in [4.69, 9.17) is 40.4 Å². The first-order valence-corrected chi connectivity index (χ1v) is 14.6. The van der Waals surface area contributed by atoms with Crippen molar-refractivity contribution < 1.29 is 9.53 Å². The Hall–Kier alpha value is -2.18. The van der Waals surface area contributed by atoms with E-state index < -0.39 is 6.34 Å². The van der Waals surface area contributed by atoms with Crippen molar-refractivity contribution in [1.29, 1.82) is 0 Å². The molecule has 0 fully saturated rings. The number of benzene rings is 2. The van der Waals surface area contributed by atoms with Gasteiger partial charge in [0.15, 0.2) is 5.78 Å². The van der Waals surface area contributed by atoms with Gasteiger partial charge in [0, 0.05) is 39.5 Å². The molecule has 2 aromatic rings. The highest BCUT2D eigenvalue weighted by molar-refractivity contribution is 8.17. The molecule has 176 valence electrons. The molecule has 34 heavy (non-hydrogen) atoms. The summed E-state index contributed by atoms with van der Waals surface area (Å²) in [6.45, 7) is 4.25. The molecule has 0 saturated carbocycles. The van der Waals surface area contributed by atoms with Crippen molar-refractivity contribution in [2.24, 2.45) is 5.41 Å². The predicted molar refractivity (Wildman–Crippen MR) is 145 cm³/mol. The van der Waals surface area contributed by atoms with Crippen LogP contribution < -0.4 is 25.5 Å². The van der Waals surface area contributed by atoms with E-state index in [-0.39, 0.29) is 17.1 Å². The minimum atomic E-state index is -2.47. The van der Waals surface area contributed by atoms with Crippen molar-refractivity contribution in [3.8, 4) is 5.75 Å². The molecule has 2 aromatic carbocycles. The smallest absolute Gasteiger partial charge is 0.162 e. The standard InChI is InChI=1S/C25H25ClN3O2PS2/c1-25(2)12-18-21(19(30)13-25)20(14-4-6-15(26)7-5-14)22-23(27-18)28-32(34,29-24(22)33)17-10-8-16(31-3)9-11-17/h4-11,20H,12-13H2,1-3H3,(H3,27,28,29,33,34). The van der Waals surface area contributed by atoms with Gasteiger partial charge in [-0.3, -0.25) is 4.79 Å². The summed E-state index contributed by atoms with van der Waals surface area (Å²) < 4.78 is 5.30. The zero-order chi connectivity index (χ0) is 24.3. The van der Waals surface area contributed by atoms with Crippen LogP contribution in [0.4, 0.5) is 0 Å². The summed E-state index contributed by atoms with van der Waals surface area (Å²) in [5.74, 6) is 1.40. The molecule has 2 atom stereocenters. The van der Waals surface area contributed by atoms with E-state index >= 15 is 0 Å². The maximum atomic E-state index is 13.4. The van der Waals surface area contributed by atoms with E-state index in [0.717, 1.165) is 45.7 Å². The first-order chi connectivity index (χ1) is 16.1. The molecular weight excluding hydrogens is 505 g/mol. The molecule has 0 spiro atoms. The molecule has 3 N–H and O–H groups in total. The lowest BCUT2D eigenvalue weighted by molar-refractivity contribution is -0.118. The first kappa shape index (κ1) is 23.6. The second-order valence-electron chi connectivity index (χ2n) is 9.59. The Morgan fingerprint density at radius 3 is 2.35 bits per heavy atom. The molecule has 0 aromatic heterocycles. The molecule has 2 unspecified atom stereocenters. The van der Waals surface area contributed by atoms with Gasteiger partial charge in [-0.15, -0.1) is 0 Å². The monoisotopic (exact) mass is 529 g/mol. The number of ketones is 1. The minimum absolute atomic E-state index is 0.130. The number of hydrogen-bond acceptors (Lipinski definition) is 5. The number of carbonyl (C=O) groups excluding carboxylic acids is 1. The number of ether oxygens (including phenoxy) is 1. The third-order valence-corrected chi connectivity index (χ3v) is 10.5. The molecule has 0 amide bonds. The normalized spacial score (nSPS) is 25.6. The quantitative estimate of drug-likeness (QED) is 0.380. The molecule has 0 radical (unpaired) electrons. The summed E-state index contributed by atoms with van der Waals surface area (Å²) in [6.07, 6.45) is -1.21. The molecule has 0 saturated heterocycles. The Kier molecular flexibility index (Phi) is 5.88.